The van der Waals surface area contributed by atoms with Gasteiger partial charge in [-0.1, -0.05) is 35.9 Å². The van der Waals surface area contributed by atoms with Crippen molar-refractivity contribution >= 4 is 33.0 Å². The highest BCUT2D eigenvalue weighted by molar-refractivity contribution is 7.17. The summed E-state index contributed by atoms with van der Waals surface area (Å²) in [5, 5.41) is 14.4. The summed E-state index contributed by atoms with van der Waals surface area (Å²) in [7, 11) is 0. The summed E-state index contributed by atoms with van der Waals surface area (Å²) >= 11 is 7.69. The predicted octanol–water partition coefficient (Wildman–Crippen LogP) is 4.94. The van der Waals surface area contributed by atoms with Gasteiger partial charge in [0.25, 0.3) is 0 Å². The molecule has 96 valence electrons. The molecule has 0 aliphatic carbocycles. The Labute approximate surface area is 121 Å². The molecule has 1 N–H and O–H groups in total. The van der Waals surface area contributed by atoms with Gasteiger partial charge < -0.3 is 5.11 Å². The van der Waals surface area contributed by atoms with Crippen molar-refractivity contribution in [1.82, 2.24) is 0 Å². The first kappa shape index (κ1) is 12.7. The van der Waals surface area contributed by atoms with Crippen LogP contribution in [0.3, 0.4) is 0 Å². The van der Waals surface area contributed by atoms with Crippen LogP contribution in [0.2, 0.25) is 5.02 Å². The fourth-order valence-corrected chi connectivity index (χ4v) is 3.44. The standard InChI is InChI=1S/C16H13ClOS/c1-10-6-7-11(17)8-13(10)16(18)14-9-19-15-5-3-2-4-12(14)15/h2-9,16,18H,1H3. The van der Waals surface area contributed by atoms with E-state index in [1.165, 1.54) is 4.70 Å². The molecule has 0 amide bonds. The number of halogens is 1. The van der Waals surface area contributed by atoms with Crippen LogP contribution in [-0.2, 0) is 0 Å². The summed E-state index contributed by atoms with van der Waals surface area (Å²) in [5.41, 5.74) is 2.87. The van der Waals surface area contributed by atoms with Gasteiger partial charge in [-0.2, -0.15) is 0 Å². The monoisotopic (exact) mass is 288 g/mol. The molecule has 3 heteroatoms. The fraction of sp³-hybridized carbons (Fsp3) is 0.125. The molecule has 3 rings (SSSR count). The van der Waals surface area contributed by atoms with E-state index < -0.39 is 6.10 Å². The van der Waals surface area contributed by atoms with E-state index in [9.17, 15) is 5.11 Å². The maximum absolute atomic E-state index is 10.6. The number of benzene rings is 2. The van der Waals surface area contributed by atoms with Crippen LogP contribution in [-0.4, -0.2) is 5.11 Å². The van der Waals surface area contributed by atoms with Gasteiger partial charge in [-0.25, -0.2) is 0 Å². The van der Waals surface area contributed by atoms with Gasteiger partial charge in [0.05, 0.1) is 0 Å². The summed E-state index contributed by atoms with van der Waals surface area (Å²) < 4.78 is 1.19. The van der Waals surface area contributed by atoms with Gasteiger partial charge in [-0.3, -0.25) is 0 Å². The molecule has 1 aromatic heterocycles. The zero-order chi connectivity index (χ0) is 13.4. The number of aliphatic hydroxyl groups excluding tert-OH is 1. The smallest absolute Gasteiger partial charge is 0.106 e. The Morgan fingerprint density at radius 3 is 2.74 bits per heavy atom. The van der Waals surface area contributed by atoms with E-state index in [1.54, 1.807) is 11.3 Å². The van der Waals surface area contributed by atoms with Gasteiger partial charge in [-0.15, -0.1) is 11.3 Å². The molecular weight excluding hydrogens is 276 g/mol. The van der Waals surface area contributed by atoms with Gasteiger partial charge in [-0.05, 0) is 47.0 Å². The van der Waals surface area contributed by atoms with Gasteiger partial charge in [0.1, 0.15) is 6.10 Å². The number of fused-ring (bicyclic) bond motifs is 1. The first-order valence-electron chi connectivity index (χ1n) is 6.07. The van der Waals surface area contributed by atoms with Crippen LogP contribution in [0.1, 0.15) is 22.8 Å². The molecule has 0 aliphatic rings. The van der Waals surface area contributed by atoms with Crippen molar-refractivity contribution in [3.05, 3.63) is 69.6 Å². The third-order valence-corrected chi connectivity index (χ3v) is 4.56. The predicted molar refractivity (Wildman–Crippen MR) is 82.1 cm³/mol. The maximum atomic E-state index is 10.6. The third-order valence-electron chi connectivity index (χ3n) is 3.34. The number of hydrogen-bond donors (Lipinski definition) is 1. The minimum absolute atomic E-state index is 0.630. The van der Waals surface area contributed by atoms with E-state index in [4.69, 9.17) is 11.6 Å². The van der Waals surface area contributed by atoms with Crippen LogP contribution in [0.25, 0.3) is 10.1 Å². The van der Waals surface area contributed by atoms with Gasteiger partial charge in [0.15, 0.2) is 0 Å². The van der Waals surface area contributed by atoms with E-state index >= 15 is 0 Å². The Morgan fingerprint density at radius 1 is 1.11 bits per heavy atom. The SMILES string of the molecule is Cc1ccc(Cl)cc1C(O)c1csc2ccccc12. The van der Waals surface area contributed by atoms with E-state index in [0.717, 1.165) is 22.1 Å². The fourth-order valence-electron chi connectivity index (χ4n) is 2.28. The number of aryl methyl sites for hydroxylation is 1. The second-order valence-corrected chi connectivity index (χ2v) is 5.94. The molecule has 0 radical (unpaired) electrons. The van der Waals surface area contributed by atoms with Crippen LogP contribution in [0.15, 0.2) is 47.8 Å². The first-order chi connectivity index (χ1) is 9.16. The highest BCUT2D eigenvalue weighted by atomic mass is 35.5. The van der Waals surface area contributed by atoms with Crippen molar-refractivity contribution in [3.8, 4) is 0 Å². The quantitative estimate of drug-likeness (QED) is 0.708. The lowest BCUT2D eigenvalue weighted by molar-refractivity contribution is 0.221. The van der Waals surface area contributed by atoms with Crippen molar-refractivity contribution in [3.63, 3.8) is 0 Å². The van der Waals surface area contributed by atoms with E-state index in [1.807, 2.05) is 48.7 Å². The second kappa shape index (κ2) is 4.97. The van der Waals surface area contributed by atoms with Crippen molar-refractivity contribution in [2.45, 2.75) is 13.0 Å². The van der Waals surface area contributed by atoms with Crippen LogP contribution in [0.5, 0.6) is 0 Å². The van der Waals surface area contributed by atoms with Crippen LogP contribution in [0, 0.1) is 6.92 Å². The van der Waals surface area contributed by atoms with E-state index in [2.05, 4.69) is 6.07 Å². The number of aliphatic hydroxyl groups is 1. The first-order valence-corrected chi connectivity index (χ1v) is 7.33. The molecule has 2 aromatic carbocycles. The van der Waals surface area contributed by atoms with Crippen molar-refractivity contribution in [2.75, 3.05) is 0 Å². The minimum Gasteiger partial charge on any atom is -0.384 e. The molecule has 0 spiro atoms. The molecule has 0 bridgehead atoms. The molecule has 1 nitrogen and oxygen atoms in total. The number of thiophene rings is 1. The van der Waals surface area contributed by atoms with Gasteiger partial charge >= 0.3 is 0 Å². The van der Waals surface area contributed by atoms with Gasteiger partial charge in [0, 0.05) is 15.3 Å². The van der Waals surface area contributed by atoms with Crippen LogP contribution < -0.4 is 0 Å². The molecule has 0 saturated carbocycles. The molecule has 3 aromatic rings. The Kier molecular flexibility index (Phi) is 3.31. The molecule has 1 heterocycles. The molecule has 19 heavy (non-hydrogen) atoms. The molecule has 1 unspecified atom stereocenters. The second-order valence-electron chi connectivity index (χ2n) is 4.59. The highest BCUT2D eigenvalue weighted by Crippen LogP contribution is 2.35. The van der Waals surface area contributed by atoms with E-state index in [0.29, 0.717) is 5.02 Å². The van der Waals surface area contributed by atoms with E-state index in [-0.39, 0.29) is 0 Å². The molecule has 1 atom stereocenters. The summed E-state index contributed by atoms with van der Waals surface area (Å²) in [6.45, 7) is 1.99. The van der Waals surface area contributed by atoms with Crippen LogP contribution in [0.4, 0.5) is 0 Å². The molecule has 0 saturated heterocycles. The largest absolute Gasteiger partial charge is 0.384 e. The summed E-state index contributed by atoms with van der Waals surface area (Å²) in [4.78, 5) is 0. The van der Waals surface area contributed by atoms with Crippen molar-refractivity contribution < 1.29 is 5.11 Å². The average molecular weight is 289 g/mol. The van der Waals surface area contributed by atoms with Crippen LogP contribution >= 0.6 is 22.9 Å². The lowest BCUT2D eigenvalue weighted by Gasteiger charge is -2.13. The number of rotatable bonds is 2. The normalized spacial score (nSPS) is 12.8. The topological polar surface area (TPSA) is 20.2 Å². The highest BCUT2D eigenvalue weighted by Gasteiger charge is 2.17. The maximum Gasteiger partial charge on any atom is 0.106 e. The Bertz CT molecular complexity index is 732. The lowest BCUT2D eigenvalue weighted by atomic mass is 9.97. The number of hydrogen-bond acceptors (Lipinski definition) is 2. The Balaban J connectivity index is 2.13. The van der Waals surface area contributed by atoms with Crippen molar-refractivity contribution in [2.24, 2.45) is 0 Å². The van der Waals surface area contributed by atoms with Crippen molar-refractivity contribution in [1.29, 1.82) is 0 Å². The third kappa shape index (κ3) is 2.27. The summed E-state index contributed by atoms with van der Waals surface area (Å²) in [5.74, 6) is 0. The van der Waals surface area contributed by atoms with Gasteiger partial charge in [0.2, 0.25) is 0 Å². The summed E-state index contributed by atoms with van der Waals surface area (Å²) in [6.07, 6.45) is -0.630. The summed E-state index contributed by atoms with van der Waals surface area (Å²) in [6, 6.07) is 13.8. The molecule has 0 aliphatic heterocycles. The zero-order valence-corrected chi connectivity index (χ0v) is 12.0. The lowest BCUT2D eigenvalue weighted by Crippen LogP contribution is -2.01. The zero-order valence-electron chi connectivity index (χ0n) is 10.4. The molecular formula is C16H13ClOS. The Morgan fingerprint density at radius 2 is 1.89 bits per heavy atom. The Hall–Kier alpha value is -1.35. The average Bonchev–Trinajstić information content (AvgIpc) is 2.84. The molecule has 0 fully saturated rings. The minimum atomic E-state index is -0.630.